The largest absolute Gasteiger partial charge is 0.434 e. The van der Waals surface area contributed by atoms with Crippen LogP contribution < -0.4 is 10.1 Å². The molecule has 26 heavy (non-hydrogen) atoms. The van der Waals surface area contributed by atoms with E-state index < -0.39 is 11.7 Å². The number of ether oxygens (including phenoxy) is 1. The molecule has 0 spiro atoms. The maximum absolute atomic E-state index is 12.7. The zero-order valence-corrected chi connectivity index (χ0v) is 17.9. The van der Waals surface area contributed by atoms with Crippen molar-refractivity contribution >= 4 is 72.4 Å². The molecule has 0 bridgehead atoms. The lowest BCUT2D eigenvalue weighted by Gasteiger charge is -2.13. The van der Waals surface area contributed by atoms with E-state index in [0.717, 1.165) is 3.39 Å². The van der Waals surface area contributed by atoms with Crippen molar-refractivity contribution in [1.82, 2.24) is 4.98 Å². The number of halogens is 8. The Morgan fingerprint density at radius 3 is 2.23 bits per heavy atom. The number of hydrogen-bond donors (Lipinski definition) is 1. The van der Waals surface area contributed by atoms with Gasteiger partial charge < -0.3 is 10.1 Å². The van der Waals surface area contributed by atoms with Crippen LogP contribution in [-0.2, 0) is 6.18 Å². The number of rotatable bonds is 5. The van der Waals surface area contributed by atoms with Gasteiger partial charge in [0.25, 0.3) is 0 Å². The Balaban J connectivity index is 2.23. The van der Waals surface area contributed by atoms with Crippen molar-refractivity contribution in [3.05, 3.63) is 54.5 Å². The molecule has 0 amide bonds. The van der Waals surface area contributed by atoms with Crippen molar-refractivity contribution < 1.29 is 17.9 Å². The average Bonchev–Trinajstić information content (AvgIpc) is 2.50. The minimum Gasteiger partial charge on any atom is -0.434 e. The molecule has 1 aromatic heterocycles. The maximum atomic E-state index is 12.7. The lowest BCUT2D eigenvalue weighted by atomic mass is 10.2. The minimum atomic E-state index is -4.56. The molecular formula is C15H8Br2Cl3F3N2O. The Labute approximate surface area is 178 Å². The van der Waals surface area contributed by atoms with Gasteiger partial charge in [-0.3, -0.25) is 0 Å². The van der Waals surface area contributed by atoms with Gasteiger partial charge >= 0.3 is 6.18 Å². The van der Waals surface area contributed by atoms with Gasteiger partial charge in [-0.25, -0.2) is 4.98 Å². The zero-order chi connectivity index (χ0) is 19.5. The van der Waals surface area contributed by atoms with Crippen molar-refractivity contribution in [3.8, 4) is 11.6 Å². The number of benzene rings is 1. The Morgan fingerprint density at radius 1 is 1.12 bits per heavy atom. The molecule has 0 atom stereocenters. The molecule has 3 nitrogen and oxygen atoms in total. The van der Waals surface area contributed by atoms with Gasteiger partial charge in [0.05, 0.1) is 19.0 Å². The van der Waals surface area contributed by atoms with Gasteiger partial charge in [0.1, 0.15) is 5.02 Å². The van der Waals surface area contributed by atoms with Crippen molar-refractivity contribution in [1.29, 1.82) is 0 Å². The Kier molecular flexibility index (Phi) is 7.50. The first-order chi connectivity index (χ1) is 12.1. The van der Waals surface area contributed by atoms with Crippen LogP contribution in [0, 0.1) is 0 Å². The van der Waals surface area contributed by atoms with Crippen LogP contribution in [0.5, 0.6) is 11.6 Å². The molecular weight excluding hydrogens is 547 g/mol. The summed E-state index contributed by atoms with van der Waals surface area (Å²) in [5.74, 6) is -0.208. The molecule has 0 fully saturated rings. The lowest BCUT2D eigenvalue weighted by molar-refractivity contribution is -0.137. The number of anilines is 1. The SMILES string of the molecule is FC(F)(F)c1cnc(Oc2c(Cl)cc(NCC=C(Br)Br)cc2Cl)c(Cl)c1. The van der Waals surface area contributed by atoms with Crippen LogP contribution in [0.4, 0.5) is 18.9 Å². The molecule has 0 unspecified atom stereocenters. The first kappa shape index (κ1) is 21.6. The van der Waals surface area contributed by atoms with Crippen LogP contribution in [0.1, 0.15) is 5.56 Å². The second kappa shape index (κ2) is 9.01. The summed E-state index contributed by atoms with van der Waals surface area (Å²) < 4.78 is 44.1. The number of pyridine rings is 1. The van der Waals surface area contributed by atoms with Crippen LogP contribution in [0.15, 0.2) is 33.9 Å². The van der Waals surface area contributed by atoms with Gasteiger partial charge in [-0.15, -0.1) is 0 Å². The van der Waals surface area contributed by atoms with Crippen LogP contribution in [0.2, 0.25) is 15.1 Å². The summed E-state index contributed by atoms with van der Waals surface area (Å²) in [7, 11) is 0. The van der Waals surface area contributed by atoms with Gasteiger partial charge in [-0.2, -0.15) is 13.2 Å². The highest BCUT2D eigenvalue weighted by Gasteiger charge is 2.32. The molecule has 0 aliphatic carbocycles. The normalized spacial score (nSPS) is 11.2. The summed E-state index contributed by atoms with van der Waals surface area (Å²) >= 11 is 24.6. The molecule has 0 saturated carbocycles. The van der Waals surface area contributed by atoms with Gasteiger partial charge in [-0.1, -0.05) is 34.8 Å². The fourth-order valence-electron chi connectivity index (χ4n) is 1.76. The second-order valence-electron chi connectivity index (χ2n) is 4.75. The minimum absolute atomic E-state index is 0.0326. The van der Waals surface area contributed by atoms with Crippen LogP contribution in [0.3, 0.4) is 0 Å². The summed E-state index contributed by atoms with van der Waals surface area (Å²) in [6.45, 7) is 0.491. The van der Waals surface area contributed by atoms with Crippen molar-refractivity contribution in [2.75, 3.05) is 11.9 Å². The predicted molar refractivity (Wildman–Crippen MR) is 105 cm³/mol. The Bertz CT molecular complexity index is 820. The highest BCUT2D eigenvalue weighted by molar-refractivity contribution is 9.28. The highest BCUT2D eigenvalue weighted by Crippen LogP contribution is 2.41. The monoisotopic (exact) mass is 552 g/mol. The quantitative estimate of drug-likeness (QED) is 0.408. The average molecular weight is 555 g/mol. The number of hydrogen-bond acceptors (Lipinski definition) is 3. The van der Waals surface area contributed by atoms with Crippen LogP contribution in [-0.4, -0.2) is 11.5 Å². The van der Waals surface area contributed by atoms with Gasteiger partial charge in [0, 0.05) is 18.4 Å². The fraction of sp³-hybridized carbons (Fsp3) is 0.133. The van der Waals surface area contributed by atoms with E-state index in [1.165, 1.54) is 0 Å². The summed E-state index contributed by atoms with van der Waals surface area (Å²) in [5.41, 5.74) is -0.367. The van der Waals surface area contributed by atoms with Crippen molar-refractivity contribution in [3.63, 3.8) is 0 Å². The van der Waals surface area contributed by atoms with E-state index in [0.29, 0.717) is 24.5 Å². The van der Waals surface area contributed by atoms with Crippen LogP contribution >= 0.6 is 66.7 Å². The topological polar surface area (TPSA) is 34.1 Å². The highest BCUT2D eigenvalue weighted by atomic mass is 79.9. The number of nitrogens with zero attached hydrogens (tertiary/aromatic N) is 1. The third-order valence-corrected chi connectivity index (χ3v) is 4.37. The first-order valence-electron chi connectivity index (χ1n) is 6.72. The van der Waals surface area contributed by atoms with Crippen LogP contribution in [0.25, 0.3) is 0 Å². The maximum Gasteiger partial charge on any atom is 0.417 e. The fourth-order valence-corrected chi connectivity index (χ4v) is 2.85. The summed E-state index contributed by atoms with van der Waals surface area (Å²) in [6, 6.07) is 3.82. The van der Waals surface area contributed by atoms with E-state index in [-0.39, 0.29) is 26.7 Å². The molecule has 2 rings (SSSR count). The van der Waals surface area contributed by atoms with E-state index in [4.69, 9.17) is 39.5 Å². The van der Waals surface area contributed by atoms with Gasteiger partial charge in [0.15, 0.2) is 5.75 Å². The molecule has 2 aromatic rings. The van der Waals surface area contributed by atoms with E-state index >= 15 is 0 Å². The molecule has 1 aromatic carbocycles. The summed E-state index contributed by atoms with van der Waals surface area (Å²) in [5, 5.41) is 3.02. The Morgan fingerprint density at radius 2 is 1.73 bits per heavy atom. The summed E-state index contributed by atoms with van der Waals surface area (Å²) in [4.78, 5) is 3.59. The first-order valence-corrected chi connectivity index (χ1v) is 9.44. The molecule has 1 heterocycles. The standard InChI is InChI=1S/C15H8Br2Cl3F3N2O/c16-12(17)1-2-24-8-4-9(18)13(10(19)5-8)26-14-11(20)3-7(6-25-14)15(21,22)23/h1,3-6,24H,2H2. The van der Waals surface area contributed by atoms with E-state index in [1.54, 1.807) is 12.1 Å². The third kappa shape index (κ3) is 5.92. The van der Waals surface area contributed by atoms with Crippen molar-refractivity contribution in [2.45, 2.75) is 6.18 Å². The number of nitrogens with one attached hydrogen (secondary N) is 1. The van der Waals surface area contributed by atoms with Gasteiger partial charge in [-0.05, 0) is 56.1 Å². The van der Waals surface area contributed by atoms with E-state index in [1.807, 2.05) is 6.08 Å². The molecule has 0 saturated heterocycles. The molecule has 140 valence electrons. The van der Waals surface area contributed by atoms with Gasteiger partial charge in [0.2, 0.25) is 5.88 Å². The van der Waals surface area contributed by atoms with E-state index in [2.05, 4.69) is 42.2 Å². The van der Waals surface area contributed by atoms with Crippen molar-refractivity contribution in [2.24, 2.45) is 0 Å². The Hall–Kier alpha value is -0.670. The summed E-state index contributed by atoms with van der Waals surface area (Å²) in [6.07, 6.45) is -2.13. The predicted octanol–water partition coefficient (Wildman–Crippen LogP) is 7.90. The second-order valence-corrected chi connectivity index (χ2v) is 8.75. The zero-order valence-electron chi connectivity index (χ0n) is 12.5. The molecule has 0 radical (unpaired) electrons. The molecule has 11 heteroatoms. The third-order valence-electron chi connectivity index (χ3n) is 2.89. The number of alkyl halides is 3. The molecule has 0 aliphatic heterocycles. The number of aromatic nitrogens is 1. The van der Waals surface area contributed by atoms with E-state index in [9.17, 15) is 13.2 Å². The molecule has 1 N–H and O–H groups in total. The smallest absolute Gasteiger partial charge is 0.417 e. The molecule has 0 aliphatic rings. The lowest BCUT2D eigenvalue weighted by Crippen LogP contribution is -2.06.